The van der Waals surface area contributed by atoms with Crippen LogP contribution in [0.15, 0.2) is 16.8 Å². The van der Waals surface area contributed by atoms with Gasteiger partial charge in [-0.05, 0) is 25.5 Å². The zero-order valence-electron chi connectivity index (χ0n) is 9.34. The Kier molecular flexibility index (Phi) is 9.58. The van der Waals surface area contributed by atoms with Gasteiger partial charge in [0.15, 0.2) is 0 Å². The lowest BCUT2D eigenvalue weighted by atomic mass is 10.3. The molecule has 4 heteroatoms. The highest BCUT2D eigenvalue weighted by molar-refractivity contribution is 5.55. The summed E-state index contributed by atoms with van der Waals surface area (Å²) >= 11 is 0. The summed E-state index contributed by atoms with van der Waals surface area (Å²) in [5, 5.41) is 6.28. The molecule has 0 amide bonds. The molecule has 0 saturated carbocycles. The van der Waals surface area contributed by atoms with Crippen LogP contribution in [0.25, 0.3) is 0 Å². The van der Waals surface area contributed by atoms with E-state index in [0.717, 1.165) is 26.1 Å². The van der Waals surface area contributed by atoms with Gasteiger partial charge in [0.1, 0.15) is 0 Å². The Morgan fingerprint density at radius 2 is 2.29 bits per heavy atom. The van der Waals surface area contributed by atoms with E-state index >= 15 is 0 Å². The molecule has 82 valence electrons. The number of methoxy groups -OCH3 is 1. The van der Waals surface area contributed by atoms with Gasteiger partial charge in [0.2, 0.25) is 0 Å². The maximum atomic E-state index is 4.94. The number of ether oxygens (including phenoxy) is 1. The van der Waals surface area contributed by atoms with Crippen molar-refractivity contribution in [2.24, 2.45) is 4.99 Å². The van der Waals surface area contributed by atoms with E-state index in [9.17, 15) is 0 Å². The first kappa shape index (κ1) is 13.1. The first-order valence-electron chi connectivity index (χ1n) is 4.83. The van der Waals surface area contributed by atoms with E-state index in [4.69, 9.17) is 4.74 Å². The normalized spacial score (nSPS) is 12.4. The lowest BCUT2D eigenvalue weighted by Gasteiger charge is -2.04. The van der Waals surface area contributed by atoms with E-state index < -0.39 is 0 Å². The van der Waals surface area contributed by atoms with Crippen LogP contribution in [-0.2, 0) is 4.74 Å². The minimum absolute atomic E-state index is 0.816. The monoisotopic (exact) mass is 199 g/mol. The Bertz CT molecular complexity index is 178. The van der Waals surface area contributed by atoms with Gasteiger partial charge >= 0.3 is 0 Å². The van der Waals surface area contributed by atoms with Gasteiger partial charge in [-0.3, -0.25) is 4.99 Å². The van der Waals surface area contributed by atoms with Crippen molar-refractivity contribution >= 4 is 6.34 Å². The molecule has 2 N–H and O–H groups in total. The standard InChI is InChI=1S/C10H21N3O/c1-10(8-13-9-11-2)7-12-5-4-6-14-3/h8-9,12H,4-7H2,1-3H3,(H,11,13)/b10-8-. The van der Waals surface area contributed by atoms with Gasteiger partial charge in [-0.1, -0.05) is 0 Å². The van der Waals surface area contributed by atoms with Gasteiger partial charge in [-0.25, -0.2) is 0 Å². The van der Waals surface area contributed by atoms with Crippen LogP contribution in [0.4, 0.5) is 0 Å². The van der Waals surface area contributed by atoms with Gasteiger partial charge in [0.25, 0.3) is 0 Å². The number of hydrogen-bond donors (Lipinski definition) is 2. The number of aliphatic imine (C=N–C) groups is 1. The summed E-state index contributed by atoms with van der Waals surface area (Å²) < 4.78 is 4.94. The third-order valence-electron chi connectivity index (χ3n) is 1.64. The van der Waals surface area contributed by atoms with E-state index in [1.807, 2.05) is 6.20 Å². The highest BCUT2D eigenvalue weighted by atomic mass is 16.5. The van der Waals surface area contributed by atoms with Crippen LogP contribution in [0.2, 0.25) is 0 Å². The molecule has 0 aliphatic heterocycles. The summed E-state index contributed by atoms with van der Waals surface area (Å²) in [7, 11) is 3.46. The largest absolute Gasteiger partial charge is 0.385 e. The minimum Gasteiger partial charge on any atom is -0.385 e. The SMILES string of the molecule is CN=CN/C=C(/C)CNCCCOC. The highest BCUT2D eigenvalue weighted by Crippen LogP contribution is 1.86. The van der Waals surface area contributed by atoms with E-state index in [-0.39, 0.29) is 0 Å². The van der Waals surface area contributed by atoms with Crippen LogP contribution in [0.5, 0.6) is 0 Å². The average molecular weight is 199 g/mol. The van der Waals surface area contributed by atoms with Gasteiger partial charge in [0.05, 0.1) is 6.34 Å². The molecule has 0 radical (unpaired) electrons. The Hall–Kier alpha value is -0.870. The molecule has 0 aliphatic rings. The van der Waals surface area contributed by atoms with E-state index in [0.29, 0.717) is 0 Å². The fraction of sp³-hybridized carbons (Fsp3) is 0.700. The Morgan fingerprint density at radius 3 is 2.93 bits per heavy atom. The molecule has 0 rings (SSSR count). The number of hydrogen-bond acceptors (Lipinski definition) is 3. The van der Waals surface area contributed by atoms with Gasteiger partial charge < -0.3 is 15.4 Å². The van der Waals surface area contributed by atoms with Crippen molar-refractivity contribution < 1.29 is 4.74 Å². The van der Waals surface area contributed by atoms with Crippen LogP contribution >= 0.6 is 0 Å². The molecule has 0 bridgehead atoms. The molecule has 0 aromatic carbocycles. The van der Waals surface area contributed by atoms with Gasteiger partial charge in [-0.15, -0.1) is 0 Å². The molecular formula is C10H21N3O. The van der Waals surface area contributed by atoms with E-state index in [1.54, 1.807) is 20.5 Å². The predicted octanol–water partition coefficient (Wildman–Crippen LogP) is 0.764. The molecule has 0 unspecified atom stereocenters. The van der Waals surface area contributed by atoms with Crippen LogP contribution < -0.4 is 10.6 Å². The molecule has 0 saturated heterocycles. The Morgan fingerprint density at radius 1 is 1.50 bits per heavy atom. The highest BCUT2D eigenvalue weighted by Gasteiger charge is 1.89. The summed E-state index contributed by atoms with van der Waals surface area (Å²) in [6, 6.07) is 0. The van der Waals surface area contributed by atoms with Crippen LogP contribution in [0.3, 0.4) is 0 Å². The average Bonchev–Trinajstić information content (AvgIpc) is 2.18. The first-order chi connectivity index (χ1) is 6.81. The quantitative estimate of drug-likeness (QED) is 0.345. The third-order valence-corrected chi connectivity index (χ3v) is 1.64. The molecule has 0 atom stereocenters. The third kappa shape index (κ3) is 9.22. The summed E-state index contributed by atoms with van der Waals surface area (Å²) in [5.74, 6) is 0. The Labute approximate surface area is 86.4 Å². The van der Waals surface area contributed by atoms with E-state index in [1.165, 1.54) is 5.57 Å². The van der Waals surface area contributed by atoms with Crippen molar-refractivity contribution in [3.05, 3.63) is 11.8 Å². The number of rotatable bonds is 8. The fourth-order valence-electron chi connectivity index (χ4n) is 0.932. The minimum atomic E-state index is 0.816. The molecule has 0 heterocycles. The molecule has 0 spiro atoms. The van der Waals surface area contributed by atoms with Crippen molar-refractivity contribution in [1.82, 2.24) is 10.6 Å². The maximum absolute atomic E-state index is 4.94. The van der Waals surface area contributed by atoms with Crippen LogP contribution in [0.1, 0.15) is 13.3 Å². The lowest BCUT2D eigenvalue weighted by molar-refractivity contribution is 0.194. The Balaban J connectivity index is 3.33. The fourth-order valence-corrected chi connectivity index (χ4v) is 0.932. The molecular weight excluding hydrogens is 178 g/mol. The number of nitrogens with zero attached hydrogens (tertiary/aromatic N) is 1. The zero-order valence-corrected chi connectivity index (χ0v) is 9.34. The second kappa shape index (κ2) is 10.2. The smallest absolute Gasteiger partial charge is 0.0859 e. The summed E-state index contributed by atoms with van der Waals surface area (Å²) in [6.07, 6.45) is 4.65. The second-order valence-corrected chi connectivity index (χ2v) is 3.07. The molecule has 0 aliphatic carbocycles. The molecule has 0 aromatic rings. The van der Waals surface area contributed by atoms with E-state index in [2.05, 4.69) is 22.5 Å². The predicted molar refractivity (Wildman–Crippen MR) is 60.7 cm³/mol. The van der Waals surface area contributed by atoms with Crippen LogP contribution in [0, 0.1) is 0 Å². The lowest BCUT2D eigenvalue weighted by Crippen LogP contribution is -2.19. The van der Waals surface area contributed by atoms with Crippen LogP contribution in [-0.4, -0.2) is 40.2 Å². The van der Waals surface area contributed by atoms with Crippen molar-refractivity contribution in [2.45, 2.75) is 13.3 Å². The van der Waals surface area contributed by atoms with Crippen molar-refractivity contribution in [2.75, 3.05) is 33.9 Å². The first-order valence-corrected chi connectivity index (χ1v) is 4.83. The van der Waals surface area contributed by atoms with Crippen molar-refractivity contribution in [3.8, 4) is 0 Å². The van der Waals surface area contributed by atoms with Crippen molar-refractivity contribution in [1.29, 1.82) is 0 Å². The summed E-state index contributed by atoms with van der Waals surface area (Å²) in [6.45, 7) is 4.77. The van der Waals surface area contributed by atoms with Crippen molar-refractivity contribution in [3.63, 3.8) is 0 Å². The van der Waals surface area contributed by atoms with Gasteiger partial charge in [0, 0.05) is 33.5 Å². The maximum Gasteiger partial charge on any atom is 0.0859 e. The summed E-state index contributed by atoms with van der Waals surface area (Å²) in [5.41, 5.74) is 1.25. The molecule has 0 fully saturated rings. The number of nitrogens with one attached hydrogen (secondary N) is 2. The molecule has 4 nitrogen and oxygen atoms in total. The topological polar surface area (TPSA) is 45.7 Å². The molecule has 0 aromatic heterocycles. The summed E-state index contributed by atoms with van der Waals surface area (Å²) in [4.78, 5) is 3.81. The van der Waals surface area contributed by atoms with Gasteiger partial charge in [-0.2, -0.15) is 0 Å². The second-order valence-electron chi connectivity index (χ2n) is 3.07. The zero-order chi connectivity index (χ0) is 10.6. The molecule has 14 heavy (non-hydrogen) atoms.